The second-order valence-electron chi connectivity index (χ2n) is 1.85. The van der Waals surface area contributed by atoms with Crippen molar-refractivity contribution in [3.63, 3.8) is 0 Å². The first-order chi connectivity index (χ1) is 5.45. The minimum atomic E-state index is -1.33. The third-order valence-corrected chi connectivity index (χ3v) is 0.768. The Kier molecular flexibility index (Phi) is 3.61. The molecule has 0 heterocycles. The summed E-state index contributed by atoms with van der Waals surface area (Å²) in [5, 5.41) is 0. The number of hydrogen-bond donors (Lipinski definition) is 0. The molecule has 0 radical (unpaired) electrons. The second-order valence-corrected chi connectivity index (χ2v) is 1.85. The molecule has 0 N–H and O–H groups in total. The van der Waals surface area contributed by atoms with Gasteiger partial charge in [0, 0.05) is 13.8 Å². The quantitative estimate of drug-likeness (QED) is 0.308. The Bertz CT molecular complexity index is 214. The Hall–Kier alpha value is -1.72. The van der Waals surface area contributed by atoms with E-state index < -0.39 is 23.5 Å². The Morgan fingerprint density at radius 2 is 1.00 bits per heavy atom. The summed E-state index contributed by atoms with van der Waals surface area (Å²) in [6, 6.07) is 0. The number of carbonyl (C=O) groups is 4. The van der Waals surface area contributed by atoms with Gasteiger partial charge in [-0.1, -0.05) is 0 Å². The fourth-order valence-electron chi connectivity index (χ4n) is 0.193. The molecule has 0 rings (SSSR count). The van der Waals surface area contributed by atoms with Gasteiger partial charge in [-0.15, -0.1) is 0 Å². The molecule has 0 fully saturated rings. The first-order valence-corrected chi connectivity index (χ1v) is 2.89. The summed E-state index contributed by atoms with van der Waals surface area (Å²) in [6.45, 7) is 1.87. The van der Waals surface area contributed by atoms with Crippen molar-refractivity contribution in [1.29, 1.82) is 0 Å². The zero-order chi connectivity index (χ0) is 9.72. The van der Waals surface area contributed by atoms with E-state index >= 15 is 0 Å². The predicted molar refractivity (Wildman–Crippen MR) is 33.5 cm³/mol. The van der Waals surface area contributed by atoms with Gasteiger partial charge in [-0.2, -0.15) is 0 Å². The van der Waals surface area contributed by atoms with Crippen LogP contribution in [0.2, 0.25) is 0 Å². The van der Waals surface area contributed by atoms with E-state index in [4.69, 9.17) is 0 Å². The molecule has 6 heteroatoms. The van der Waals surface area contributed by atoms with Crippen molar-refractivity contribution in [1.82, 2.24) is 0 Å². The van der Waals surface area contributed by atoms with Crippen molar-refractivity contribution in [2.75, 3.05) is 0 Å². The van der Waals surface area contributed by atoms with Gasteiger partial charge in [0.25, 0.3) is 0 Å². The molecule has 0 atom stereocenters. The predicted octanol–water partition coefficient (Wildman–Crippen LogP) is -0.834. The maximum absolute atomic E-state index is 10.3. The first-order valence-electron chi connectivity index (χ1n) is 2.89. The molecule has 0 saturated heterocycles. The summed E-state index contributed by atoms with van der Waals surface area (Å²) < 4.78 is 0. The number of Topliss-reactive ketones (excluding diaryl/α,β-unsaturated/α-hetero) is 2. The summed E-state index contributed by atoms with van der Waals surface area (Å²) in [5.41, 5.74) is 0. The van der Waals surface area contributed by atoms with E-state index in [1.54, 1.807) is 0 Å². The van der Waals surface area contributed by atoms with Crippen LogP contribution in [0.25, 0.3) is 0 Å². The Morgan fingerprint density at radius 1 is 0.750 bits per heavy atom. The third-order valence-electron chi connectivity index (χ3n) is 0.768. The molecular formula is C6H6O6. The lowest BCUT2D eigenvalue weighted by Crippen LogP contribution is -2.20. The van der Waals surface area contributed by atoms with Crippen molar-refractivity contribution in [2.24, 2.45) is 0 Å². The normalized spacial score (nSPS) is 8.50. The van der Waals surface area contributed by atoms with Gasteiger partial charge in [0.2, 0.25) is 11.6 Å². The summed E-state index contributed by atoms with van der Waals surface area (Å²) in [4.78, 5) is 48.3. The number of hydrogen-bond acceptors (Lipinski definition) is 6. The minimum absolute atomic E-state index is 0.925. The van der Waals surface area contributed by atoms with Crippen LogP contribution in [0.5, 0.6) is 0 Å². The van der Waals surface area contributed by atoms with Crippen LogP contribution in [0.15, 0.2) is 0 Å². The maximum atomic E-state index is 10.3. The lowest BCUT2D eigenvalue weighted by atomic mass is 10.5. The number of rotatable bonds is 2. The van der Waals surface area contributed by atoms with Crippen LogP contribution in [0.4, 0.5) is 0 Å². The van der Waals surface area contributed by atoms with Gasteiger partial charge in [0.05, 0.1) is 0 Å². The van der Waals surface area contributed by atoms with E-state index in [2.05, 4.69) is 9.78 Å². The summed E-state index contributed by atoms with van der Waals surface area (Å²) in [7, 11) is 0. The molecule has 6 nitrogen and oxygen atoms in total. The number of carbonyl (C=O) groups excluding carboxylic acids is 4. The molecule has 0 unspecified atom stereocenters. The van der Waals surface area contributed by atoms with E-state index in [1.807, 2.05) is 0 Å². The fourth-order valence-corrected chi connectivity index (χ4v) is 0.193. The van der Waals surface area contributed by atoms with E-state index in [0.717, 1.165) is 13.8 Å². The molecule has 0 aliphatic heterocycles. The van der Waals surface area contributed by atoms with Crippen molar-refractivity contribution in [2.45, 2.75) is 13.8 Å². The average molecular weight is 174 g/mol. The van der Waals surface area contributed by atoms with Gasteiger partial charge in [0.15, 0.2) is 0 Å². The highest BCUT2D eigenvalue weighted by atomic mass is 17.2. The summed E-state index contributed by atoms with van der Waals surface area (Å²) in [6.07, 6.45) is 0. The molecule has 0 amide bonds. The Balaban J connectivity index is 3.85. The van der Waals surface area contributed by atoms with Crippen LogP contribution in [0, 0.1) is 0 Å². The van der Waals surface area contributed by atoms with Gasteiger partial charge < -0.3 is 0 Å². The number of ketones is 2. The van der Waals surface area contributed by atoms with Crippen molar-refractivity contribution in [3.8, 4) is 0 Å². The van der Waals surface area contributed by atoms with E-state index in [-0.39, 0.29) is 0 Å². The van der Waals surface area contributed by atoms with Crippen molar-refractivity contribution < 1.29 is 29.0 Å². The molecule has 0 aromatic carbocycles. The molecule has 0 bridgehead atoms. The fraction of sp³-hybridized carbons (Fsp3) is 0.333. The average Bonchev–Trinajstić information content (AvgIpc) is 1.98. The largest absolute Gasteiger partial charge is 0.421 e. The molecule has 0 aromatic heterocycles. The van der Waals surface area contributed by atoms with Gasteiger partial charge >= 0.3 is 11.9 Å². The smallest absolute Gasteiger partial charge is 0.287 e. The van der Waals surface area contributed by atoms with Crippen molar-refractivity contribution >= 4 is 23.5 Å². The highest BCUT2D eigenvalue weighted by Gasteiger charge is 2.16. The van der Waals surface area contributed by atoms with Gasteiger partial charge in [-0.05, 0) is 0 Å². The Morgan fingerprint density at radius 3 is 1.17 bits per heavy atom. The SMILES string of the molecule is CC(=O)C(=O)OOC(=O)C(C)=O. The summed E-state index contributed by atoms with van der Waals surface area (Å²) >= 11 is 0. The van der Waals surface area contributed by atoms with Crippen LogP contribution < -0.4 is 0 Å². The molecule has 0 aliphatic carbocycles. The Labute approximate surface area is 67.4 Å². The lowest BCUT2D eigenvalue weighted by molar-refractivity contribution is -0.254. The third kappa shape index (κ3) is 3.45. The van der Waals surface area contributed by atoms with Crippen LogP contribution in [0.3, 0.4) is 0 Å². The minimum Gasteiger partial charge on any atom is -0.287 e. The van der Waals surface area contributed by atoms with E-state index in [9.17, 15) is 19.2 Å². The zero-order valence-electron chi connectivity index (χ0n) is 6.45. The maximum Gasteiger partial charge on any atom is 0.421 e. The monoisotopic (exact) mass is 174 g/mol. The molecule has 66 valence electrons. The summed E-state index contributed by atoms with van der Waals surface area (Å²) in [5.74, 6) is -4.51. The first kappa shape index (κ1) is 10.3. The lowest BCUT2D eigenvalue weighted by Gasteiger charge is -1.96. The van der Waals surface area contributed by atoms with Crippen LogP contribution >= 0.6 is 0 Å². The molecular weight excluding hydrogens is 168 g/mol. The van der Waals surface area contributed by atoms with Gasteiger partial charge in [-0.3, -0.25) is 9.59 Å². The highest BCUT2D eigenvalue weighted by molar-refractivity contribution is 6.34. The molecule has 0 saturated carbocycles. The zero-order valence-corrected chi connectivity index (χ0v) is 6.45. The van der Waals surface area contributed by atoms with Crippen molar-refractivity contribution in [3.05, 3.63) is 0 Å². The topological polar surface area (TPSA) is 86.7 Å². The van der Waals surface area contributed by atoms with Crippen LogP contribution in [-0.4, -0.2) is 23.5 Å². The molecule has 0 spiro atoms. The van der Waals surface area contributed by atoms with E-state index in [0.29, 0.717) is 0 Å². The van der Waals surface area contributed by atoms with Gasteiger partial charge in [0.1, 0.15) is 0 Å². The molecule has 0 aromatic rings. The standard InChI is InChI=1S/C6H6O6/c1-3(7)5(9)11-12-6(10)4(2)8/h1-2H3. The molecule has 0 aliphatic rings. The van der Waals surface area contributed by atoms with Gasteiger partial charge in [-0.25, -0.2) is 19.4 Å². The molecule has 12 heavy (non-hydrogen) atoms. The van der Waals surface area contributed by atoms with E-state index in [1.165, 1.54) is 0 Å². The van der Waals surface area contributed by atoms with Crippen LogP contribution in [-0.2, 0) is 29.0 Å². The van der Waals surface area contributed by atoms with Crippen LogP contribution in [0.1, 0.15) is 13.8 Å². The highest BCUT2D eigenvalue weighted by Crippen LogP contribution is 1.85. The second kappa shape index (κ2) is 4.22.